The van der Waals surface area contributed by atoms with Crippen molar-refractivity contribution in [1.29, 1.82) is 0 Å². The molecule has 2 rings (SSSR count). The lowest BCUT2D eigenvalue weighted by Crippen LogP contribution is -2.41. The van der Waals surface area contributed by atoms with Gasteiger partial charge in [0.15, 0.2) is 0 Å². The van der Waals surface area contributed by atoms with Gasteiger partial charge in [-0.1, -0.05) is 0 Å². The van der Waals surface area contributed by atoms with Gasteiger partial charge in [-0.3, -0.25) is 9.69 Å². The lowest BCUT2D eigenvalue weighted by atomic mass is 10.3. The van der Waals surface area contributed by atoms with Crippen LogP contribution >= 0.6 is 0 Å². The number of amides is 1. The Bertz CT molecular complexity index is 416. The molecular weight excluding hydrogens is 256 g/mol. The van der Waals surface area contributed by atoms with Gasteiger partial charge >= 0.3 is 0 Å². The van der Waals surface area contributed by atoms with Crippen LogP contribution in [0.5, 0.6) is 0 Å². The molecule has 0 radical (unpaired) electrons. The predicted octanol–water partition coefficient (Wildman–Crippen LogP) is 0.575. The van der Waals surface area contributed by atoms with Crippen molar-refractivity contribution in [3.63, 3.8) is 0 Å². The Morgan fingerprint density at radius 2 is 2.20 bits per heavy atom. The first-order chi connectivity index (χ1) is 9.79. The number of morpholine rings is 1. The zero-order chi connectivity index (χ0) is 14.2. The topological polar surface area (TPSA) is 66.5 Å². The summed E-state index contributed by atoms with van der Waals surface area (Å²) in [6.45, 7) is 7.78. The molecule has 6 nitrogen and oxygen atoms in total. The van der Waals surface area contributed by atoms with E-state index in [9.17, 15) is 4.79 Å². The molecule has 0 saturated carbocycles. The Labute approximate surface area is 119 Å². The monoisotopic (exact) mass is 278 g/mol. The second kappa shape index (κ2) is 7.81. The summed E-state index contributed by atoms with van der Waals surface area (Å²) in [7, 11) is 0. The molecule has 110 valence electrons. The fourth-order valence-corrected chi connectivity index (χ4v) is 2.08. The minimum atomic E-state index is -0.124. The Hall–Kier alpha value is -1.66. The first-order valence-corrected chi connectivity index (χ1v) is 7.08. The Balaban J connectivity index is 1.73. The van der Waals surface area contributed by atoms with Crippen LogP contribution in [0.15, 0.2) is 18.3 Å². The molecule has 0 aliphatic carbocycles. The van der Waals surface area contributed by atoms with E-state index in [2.05, 4.69) is 20.5 Å². The van der Waals surface area contributed by atoms with Gasteiger partial charge in [-0.05, 0) is 19.1 Å². The van der Waals surface area contributed by atoms with E-state index in [0.29, 0.717) is 12.2 Å². The van der Waals surface area contributed by atoms with Gasteiger partial charge in [-0.25, -0.2) is 4.98 Å². The van der Waals surface area contributed by atoms with Crippen molar-refractivity contribution in [2.45, 2.75) is 6.92 Å². The largest absolute Gasteiger partial charge is 0.384 e. The molecule has 1 aliphatic rings. The molecule has 1 amide bonds. The third-order valence-electron chi connectivity index (χ3n) is 3.19. The van der Waals surface area contributed by atoms with Crippen LogP contribution in [0.25, 0.3) is 0 Å². The number of nitrogens with zero attached hydrogens (tertiary/aromatic N) is 2. The average Bonchev–Trinajstić information content (AvgIpc) is 2.49. The maximum absolute atomic E-state index is 11.9. The Morgan fingerprint density at radius 1 is 1.40 bits per heavy atom. The van der Waals surface area contributed by atoms with Gasteiger partial charge in [0, 0.05) is 32.7 Å². The maximum atomic E-state index is 11.9. The molecule has 6 heteroatoms. The van der Waals surface area contributed by atoms with E-state index in [1.807, 2.05) is 13.0 Å². The minimum Gasteiger partial charge on any atom is -0.384 e. The van der Waals surface area contributed by atoms with E-state index in [0.717, 1.165) is 45.1 Å². The summed E-state index contributed by atoms with van der Waals surface area (Å²) in [4.78, 5) is 18.4. The van der Waals surface area contributed by atoms with Crippen molar-refractivity contribution in [1.82, 2.24) is 15.2 Å². The zero-order valence-electron chi connectivity index (χ0n) is 11.9. The van der Waals surface area contributed by atoms with Crippen LogP contribution < -0.4 is 10.6 Å². The molecule has 1 saturated heterocycles. The molecule has 1 fully saturated rings. The van der Waals surface area contributed by atoms with Crippen LogP contribution in [-0.4, -0.2) is 61.7 Å². The number of aromatic nitrogens is 1. The van der Waals surface area contributed by atoms with Gasteiger partial charge in [0.05, 0.1) is 25.1 Å². The fourth-order valence-electron chi connectivity index (χ4n) is 2.08. The Kier molecular flexibility index (Phi) is 5.76. The molecule has 1 aromatic heterocycles. The fraction of sp³-hybridized carbons (Fsp3) is 0.571. The molecule has 0 unspecified atom stereocenters. The summed E-state index contributed by atoms with van der Waals surface area (Å²) >= 11 is 0. The van der Waals surface area contributed by atoms with Gasteiger partial charge in [-0.15, -0.1) is 0 Å². The molecule has 1 aliphatic heterocycles. The second-order valence-corrected chi connectivity index (χ2v) is 4.67. The summed E-state index contributed by atoms with van der Waals surface area (Å²) < 4.78 is 5.28. The lowest BCUT2D eigenvalue weighted by molar-refractivity contribution is 0.0383. The van der Waals surface area contributed by atoms with E-state index in [4.69, 9.17) is 4.74 Å². The van der Waals surface area contributed by atoms with E-state index in [-0.39, 0.29) is 5.91 Å². The predicted molar refractivity (Wildman–Crippen MR) is 78.0 cm³/mol. The van der Waals surface area contributed by atoms with Crippen molar-refractivity contribution < 1.29 is 9.53 Å². The first-order valence-electron chi connectivity index (χ1n) is 7.08. The van der Waals surface area contributed by atoms with E-state index in [1.165, 1.54) is 0 Å². The summed E-state index contributed by atoms with van der Waals surface area (Å²) in [6, 6.07) is 3.61. The second-order valence-electron chi connectivity index (χ2n) is 4.67. The van der Waals surface area contributed by atoms with Crippen molar-refractivity contribution in [2.24, 2.45) is 0 Å². The van der Waals surface area contributed by atoms with E-state index < -0.39 is 0 Å². The maximum Gasteiger partial charge on any atom is 0.269 e. The van der Waals surface area contributed by atoms with Gasteiger partial charge in [-0.2, -0.15) is 0 Å². The highest BCUT2D eigenvalue weighted by Crippen LogP contribution is 2.05. The van der Waals surface area contributed by atoms with E-state index >= 15 is 0 Å². The molecule has 0 atom stereocenters. The van der Waals surface area contributed by atoms with Gasteiger partial charge in [0.2, 0.25) is 0 Å². The first kappa shape index (κ1) is 14.7. The zero-order valence-corrected chi connectivity index (χ0v) is 11.9. The third-order valence-corrected chi connectivity index (χ3v) is 3.19. The summed E-state index contributed by atoms with van der Waals surface area (Å²) in [5.41, 5.74) is 1.38. The number of pyridine rings is 1. The van der Waals surface area contributed by atoms with Crippen LogP contribution in [0.4, 0.5) is 5.69 Å². The number of anilines is 1. The molecule has 0 bridgehead atoms. The lowest BCUT2D eigenvalue weighted by Gasteiger charge is -2.26. The summed E-state index contributed by atoms with van der Waals surface area (Å²) in [5.74, 6) is -0.124. The van der Waals surface area contributed by atoms with Crippen LogP contribution in [-0.2, 0) is 4.74 Å². The average molecular weight is 278 g/mol. The minimum absolute atomic E-state index is 0.124. The summed E-state index contributed by atoms with van der Waals surface area (Å²) in [6.07, 6.45) is 1.68. The van der Waals surface area contributed by atoms with Crippen molar-refractivity contribution in [2.75, 3.05) is 51.3 Å². The number of ether oxygens (including phenoxy) is 1. The number of carbonyl (C=O) groups is 1. The molecule has 2 heterocycles. The summed E-state index contributed by atoms with van der Waals surface area (Å²) in [5, 5.41) is 6.04. The van der Waals surface area contributed by atoms with Crippen molar-refractivity contribution in [3.05, 3.63) is 24.0 Å². The highest BCUT2D eigenvalue weighted by Gasteiger charge is 2.11. The normalized spacial score (nSPS) is 15.8. The molecule has 2 N–H and O–H groups in total. The standard InChI is InChI=1S/C14H22N4O2/c1-2-15-12-3-4-13(17-11-12)14(19)16-5-6-18-7-9-20-10-8-18/h3-4,11,15H,2,5-10H2,1H3,(H,16,19). The molecule has 0 aromatic carbocycles. The highest BCUT2D eigenvalue weighted by atomic mass is 16.5. The molecule has 1 aromatic rings. The number of hydrogen-bond acceptors (Lipinski definition) is 5. The van der Waals surface area contributed by atoms with Crippen molar-refractivity contribution >= 4 is 11.6 Å². The quantitative estimate of drug-likeness (QED) is 0.796. The Morgan fingerprint density at radius 3 is 2.85 bits per heavy atom. The van der Waals surface area contributed by atoms with Crippen LogP contribution in [0, 0.1) is 0 Å². The van der Waals surface area contributed by atoms with Gasteiger partial charge in [0.25, 0.3) is 5.91 Å². The number of rotatable bonds is 6. The number of carbonyl (C=O) groups excluding carboxylic acids is 1. The van der Waals surface area contributed by atoms with Gasteiger partial charge in [0.1, 0.15) is 5.69 Å². The highest BCUT2D eigenvalue weighted by molar-refractivity contribution is 5.92. The molecular formula is C14H22N4O2. The van der Waals surface area contributed by atoms with E-state index in [1.54, 1.807) is 12.3 Å². The third kappa shape index (κ3) is 4.47. The molecule has 0 spiro atoms. The van der Waals surface area contributed by atoms with Crippen molar-refractivity contribution in [3.8, 4) is 0 Å². The van der Waals surface area contributed by atoms with Gasteiger partial charge < -0.3 is 15.4 Å². The SMILES string of the molecule is CCNc1ccc(C(=O)NCCN2CCOCC2)nc1. The van der Waals surface area contributed by atoms with Crippen LogP contribution in [0.2, 0.25) is 0 Å². The smallest absolute Gasteiger partial charge is 0.269 e. The van der Waals surface area contributed by atoms with Crippen LogP contribution in [0.3, 0.4) is 0 Å². The number of nitrogens with one attached hydrogen (secondary N) is 2. The molecule has 20 heavy (non-hydrogen) atoms. The van der Waals surface area contributed by atoms with Crippen LogP contribution in [0.1, 0.15) is 17.4 Å². The number of hydrogen-bond donors (Lipinski definition) is 2.